The van der Waals surface area contributed by atoms with Crippen molar-refractivity contribution in [1.29, 1.82) is 0 Å². The summed E-state index contributed by atoms with van der Waals surface area (Å²) in [5, 5.41) is 2.70. The Morgan fingerprint density at radius 2 is 2.17 bits per heavy atom. The van der Waals surface area contributed by atoms with Crippen LogP contribution >= 0.6 is 11.8 Å². The van der Waals surface area contributed by atoms with E-state index >= 15 is 0 Å². The molecule has 1 aromatic carbocycles. The van der Waals surface area contributed by atoms with Gasteiger partial charge in [-0.05, 0) is 23.5 Å². The number of para-hydroxylation sites is 1. The van der Waals surface area contributed by atoms with Crippen LogP contribution in [0.5, 0.6) is 0 Å². The van der Waals surface area contributed by atoms with Crippen molar-refractivity contribution in [2.45, 2.75) is 11.7 Å². The van der Waals surface area contributed by atoms with Gasteiger partial charge < -0.3 is 5.73 Å². The molecule has 2 rings (SSSR count). The highest BCUT2D eigenvalue weighted by Gasteiger charge is 2.14. The van der Waals surface area contributed by atoms with Crippen LogP contribution in [0.25, 0.3) is 0 Å². The third kappa shape index (κ3) is 1.34. The van der Waals surface area contributed by atoms with Crippen molar-refractivity contribution in [1.82, 2.24) is 0 Å². The van der Waals surface area contributed by atoms with Gasteiger partial charge in [-0.25, -0.2) is 0 Å². The predicted molar refractivity (Wildman–Crippen MR) is 54.9 cm³/mol. The zero-order valence-corrected chi connectivity index (χ0v) is 7.55. The Kier molecular flexibility index (Phi) is 2.09. The molecule has 1 aliphatic heterocycles. The molecule has 62 valence electrons. The van der Waals surface area contributed by atoms with Crippen LogP contribution in [0.4, 0.5) is 5.69 Å². The molecule has 1 aromatic rings. The molecule has 1 atom stereocenters. The number of nitrogens with two attached hydrogens (primary N) is 1. The van der Waals surface area contributed by atoms with E-state index in [4.69, 9.17) is 5.73 Å². The van der Waals surface area contributed by atoms with E-state index < -0.39 is 0 Å². The molecule has 0 spiro atoms. The number of allylic oxidation sites excluding steroid dienone is 1. The van der Waals surface area contributed by atoms with Crippen molar-refractivity contribution in [3.63, 3.8) is 0 Å². The molecule has 1 unspecified atom stereocenters. The fraction of sp³-hybridized carbons (Fsp3) is 0.200. The molecule has 0 aliphatic carbocycles. The van der Waals surface area contributed by atoms with Crippen LogP contribution < -0.4 is 5.73 Å². The van der Waals surface area contributed by atoms with E-state index in [1.807, 2.05) is 30.0 Å². The van der Waals surface area contributed by atoms with E-state index in [2.05, 4.69) is 17.6 Å². The summed E-state index contributed by atoms with van der Waals surface area (Å²) in [7, 11) is 0. The summed E-state index contributed by atoms with van der Waals surface area (Å²) < 4.78 is 0. The Morgan fingerprint density at radius 3 is 2.83 bits per heavy atom. The van der Waals surface area contributed by atoms with Gasteiger partial charge >= 0.3 is 0 Å². The lowest BCUT2D eigenvalue weighted by Crippen LogP contribution is -1.95. The highest BCUT2D eigenvalue weighted by Crippen LogP contribution is 2.40. The number of anilines is 1. The lowest BCUT2D eigenvalue weighted by Gasteiger charge is -2.10. The van der Waals surface area contributed by atoms with E-state index in [-0.39, 0.29) is 0 Å². The van der Waals surface area contributed by atoms with Crippen molar-refractivity contribution < 1.29 is 0 Å². The van der Waals surface area contributed by atoms with E-state index in [1.54, 1.807) is 0 Å². The van der Waals surface area contributed by atoms with Gasteiger partial charge in [-0.3, -0.25) is 0 Å². The second kappa shape index (κ2) is 3.23. The second-order valence-corrected chi connectivity index (χ2v) is 3.97. The normalized spacial score (nSPS) is 21.5. The average molecular weight is 177 g/mol. The minimum Gasteiger partial charge on any atom is -0.398 e. The molecule has 1 heterocycles. The summed E-state index contributed by atoms with van der Waals surface area (Å²) in [6.07, 6.45) is 3.31. The molecular weight excluding hydrogens is 166 g/mol. The fourth-order valence-corrected chi connectivity index (χ4v) is 2.38. The molecule has 12 heavy (non-hydrogen) atoms. The van der Waals surface area contributed by atoms with Crippen LogP contribution in [0.15, 0.2) is 35.7 Å². The molecule has 0 saturated heterocycles. The van der Waals surface area contributed by atoms with Crippen molar-refractivity contribution in [2.75, 3.05) is 5.73 Å². The topological polar surface area (TPSA) is 26.0 Å². The maximum atomic E-state index is 5.86. The van der Waals surface area contributed by atoms with E-state index in [0.717, 1.165) is 12.1 Å². The molecule has 2 N–H and O–H groups in total. The van der Waals surface area contributed by atoms with Gasteiger partial charge in [0.2, 0.25) is 0 Å². The molecule has 0 amide bonds. The highest BCUT2D eigenvalue weighted by molar-refractivity contribution is 8.02. The molecule has 0 aromatic heterocycles. The van der Waals surface area contributed by atoms with Crippen LogP contribution in [0.2, 0.25) is 0 Å². The number of thioether (sulfide) groups is 1. The molecule has 1 nitrogen and oxygen atoms in total. The van der Waals surface area contributed by atoms with Gasteiger partial charge in [0.1, 0.15) is 0 Å². The van der Waals surface area contributed by atoms with Crippen LogP contribution in [0.3, 0.4) is 0 Å². The summed E-state index contributed by atoms with van der Waals surface area (Å²) in [5.74, 6) is 0. The first-order chi connectivity index (χ1) is 5.88. The minimum atomic E-state index is 0.547. The Labute approximate surface area is 76.7 Å². The van der Waals surface area contributed by atoms with E-state index in [0.29, 0.717) is 5.25 Å². The van der Waals surface area contributed by atoms with Gasteiger partial charge in [0.05, 0.1) is 0 Å². The Balaban J connectivity index is 2.27. The zero-order valence-electron chi connectivity index (χ0n) is 6.73. The first-order valence-electron chi connectivity index (χ1n) is 4.03. The van der Waals surface area contributed by atoms with Gasteiger partial charge in [0.15, 0.2) is 0 Å². The van der Waals surface area contributed by atoms with E-state index in [1.165, 1.54) is 5.56 Å². The van der Waals surface area contributed by atoms with E-state index in [9.17, 15) is 0 Å². The van der Waals surface area contributed by atoms with Crippen LogP contribution in [0, 0.1) is 0 Å². The molecule has 2 heteroatoms. The molecule has 0 fully saturated rings. The number of hydrogen-bond acceptors (Lipinski definition) is 2. The lowest BCUT2D eigenvalue weighted by molar-refractivity contribution is 0.994. The molecule has 0 radical (unpaired) electrons. The summed E-state index contributed by atoms with van der Waals surface area (Å²) in [5.41, 5.74) is 8.05. The smallest absolute Gasteiger partial charge is 0.0393 e. The molecule has 1 aliphatic rings. The Morgan fingerprint density at radius 1 is 1.33 bits per heavy atom. The maximum absolute atomic E-state index is 5.86. The van der Waals surface area contributed by atoms with Crippen molar-refractivity contribution in [3.05, 3.63) is 41.3 Å². The predicted octanol–water partition coefficient (Wildman–Crippen LogP) is 2.96. The molecular formula is C10H11NS. The summed E-state index contributed by atoms with van der Waals surface area (Å²) in [4.78, 5) is 0. The summed E-state index contributed by atoms with van der Waals surface area (Å²) in [6.45, 7) is 0. The third-order valence-corrected chi connectivity index (χ3v) is 3.16. The Bertz CT molecular complexity index is 298. The van der Waals surface area contributed by atoms with Crippen molar-refractivity contribution >= 4 is 17.4 Å². The minimum absolute atomic E-state index is 0.547. The maximum Gasteiger partial charge on any atom is 0.0393 e. The first-order valence-corrected chi connectivity index (χ1v) is 4.97. The van der Waals surface area contributed by atoms with Crippen LogP contribution in [-0.4, -0.2) is 0 Å². The van der Waals surface area contributed by atoms with Crippen LogP contribution in [-0.2, 0) is 0 Å². The third-order valence-electron chi connectivity index (χ3n) is 2.03. The largest absolute Gasteiger partial charge is 0.398 e. The second-order valence-electron chi connectivity index (χ2n) is 2.86. The zero-order chi connectivity index (χ0) is 8.39. The molecule has 0 bridgehead atoms. The van der Waals surface area contributed by atoms with Crippen molar-refractivity contribution in [3.8, 4) is 0 Å². The van der Waals surface area contributed by atoms with Gasteiger partial charge in [-0.1, -0.05) is 24.3 Å². The Hall–Kier alpha value is -0.890. The number of benzene rings is 1. The summed E-state index contributed by atoms with van der Waals surface area (Å²) in [6, 6.07) is 8.10. The van der Waals surface area contributed by atoms with Gasteiger partial charge in [0.25, 0.3) is 0 Å². The standard InChI is InChI=1S/C10H11NS/c11-9-5-2-1-4-8(9)10-6-3-7-12-10/h1-5,7,10H,6,11H2. The van der Waals surface area contributed by atoms with Gasteiger partial charge in [-0.15, -0.1) is 11.8 Å². The van der Waals surface area contributed by atoms with Crippen LogP contribution in [0.1, 0.15) is 17.2 Å². The molecule has 0 saturated carbocycles. The summed E-state index contributed by atoms with van der Waals surface area (Å²) >= 11 is 1.85. The SMILES string of the molecule is Nc1ccccc1C1CC=CS1. The lowest BCUT2D eigenvalue weighted by atomic mass is 10.1. The monoisotopic (exact) mass is 177 g/mol. The number of hydrogen-bond donors (Lipinski definition) is 1. The van der Waals surface area contributed by atoms with Gasteiger partial charge in [0, 0.05) is 10.9 Å². The van der Waals surface area contributed by atoms with Gasteiger partial charge in [-0.2, -0.15) is 0 Å². The first kappa shape index (κ1) is 7.74. The quantitative estimate of drug-likeness (QED) is 0.667. The van der Waals surface area contributed by atoms with Crippen molar-refractivity contribution in [2.24, 2.45) is 0 Å². The number of rotatable bonds is 1. The fourth-order valence-electron chi connectivity index (χ4n) is 1.39. The highest BCUT2D eigenvalue weighted by atomic mass is 32.2. The number of nitrogen functional groups attached to an aromatic ring is 1. The average Bonchev–Trinajstić information content (AvgIpc) is 2.57.